The van der Waals surface area contributed by atoms with E-state index in [0.717, 1.165) is 12.8 Å². The molecule has 0 fully saturated rings. The SMILES string of the molecule is CCCCc1ncc(C(=O)c2ccc(OC)cc2OCC(=O)OCC)n1OCOC(C)[Si](C)(C)C. The molecule has 0 radical (unpaired) electrons. The topological polar surface area (TPSA) is 98.1 Å². The average molecular weight is 507 g/mol. The molecule has 1 unspecified atom stereocenters. The zero-order chi connectivity index (χ0) is 26.0. The van der Waals surface area contributed by atoms with Crippen molar-refractivity contribution in [2.24, 2.45) is 0 Å². The molecule has 35 heavy (non-hydrogen) atoms. The lowest BCUT2D eigenvalue weighted by atomic mass is 10.1. The molecular weight excluding hydrogens is 468 g/mol. The van der Waals surface area contributed by atoms with Crippen LogP contribution in [0.2, 0.25) is 19.6 Å². The summed E-state index contributed by atoms with van der Waals surface area (Å²) in [7, 11) is 0.00357. The van der Waals surface area contributed by atoms with Crippen molar-refractivity contribution >= 4 is 19.8 Å². The molecular formula is C25H38N2O7Si. The summed E-state index contributed by atoms with van der Waals surface area (Å²) < 4.78 is 23.2. The molecule has 9 nitrogen and oxygen atoms in total. The van der Waals surface area contributed by atoms with E-state index in [1.54, 1.807) is 25.1 Å². The van der Waals surface area contributed by atoms with Crippen LogP contribution in [0.1, 0.15) is 55.5 Å². The molecule has 1 heterocycles. The molecule has 0 aliphatic carbocycles. The van der Waals surface area contributed by atoms with Crippen LogP contribution in [0.5, 0.6) is 11.5 Å². The highest BCUT2D eigenvalue weighted by Gasteiger charge is 2.25. The molecule has 0 N–H and O–H groups in total. The number of ketones is 1. The maximum Gasteiger partial charge on any atom is 0.344 e. The van der Waals surface area contributed by atoms with Gasteiger partial charge in [-0.2, -0.15) is 4.73 Å². The first-order valence-corrected chi connectivity index (χ1v) is 15.5. The minimum atomic E-state index is -1.51. The number of ether oxygens (including phenoxy) is 4. The van der Waals surface area contributed by atoms with Crippen molar-refractivity contribution in [3.8, 4) is 11.5 Å². The summed E-state index contributed by atoms with van der Waals surface area (Å²) in [6.07, 6.45) is 4.02. The Labute approximate surface area is 208 Å². The van der Waals surface area contributed by atoms with Gasteiger partial charge in [-0.05, 0) is 32.4 Å². The number of aromatic nitrogens is 2. The van der Waals surface area contributed by atoms with Crippen LogP contribution in [0.4, 0.5) is 0 Å². The highest BCUT2D eigenvalue weighted by Crippen LogP contribution is 2.27. The number of methoxy groups -OCH3 is 1. The van der Waals surface area contributed by atoms with Crippen LogP contribution in [-0.4, -0.2) is 62.4 Å². The Morgan fingerprint density at radius 2 is 1.91 bits per heavy atom. The van der Waals surface area contributed by atoms with E-state index in [1.165, 1.54) is 18.0 Å². The molecule has 0 spiro atoms. The minimum absolute atomic E-state index is 0.00394. The number of hydrogen-bond acceptors (Lipinski definition) is 8. The highest BCUT2D eigenvalue weighted by atomic mass is 28.3. The van der Waals surface area contributed by atoms with Crippen molar-refractivity contribution in [2.75, 3.05) is 27.1 Å². The number of carbonyl (C=O) groups excluding carboxylic acids is 2. The number of rotatable bonds is 15. The monoisotopic (exact) mass is 506 g/mol. The number of aryl methyl sites for hydroxylation is 1. The van der Waals surface area contributed by atoms with E-state index in [9.17, 15) is 9.59 Å². The Bertz CT molecular complexity index is 985. The van der Waals surface area contributed by atoms with E-state index in [2.05, 4.69) is 31.5 Å². The van der Waals surface area contributed by atoms with Gasteiger partial charge in [0.1, 0.15) is 23.0 Å². The van der Waals surface area contributed by atoms with Crippen molar-refractivity contribution in [2.45, 2.75) is 65.4 Å². The van der Waals surface area contributed by atoms with Gasteiger partial charge in [-0.3, -0.25) is 4.79 Å². The molecule has 0 amide bonds. The lowest BCUT2D eigenvalue weighted by molar-refractivity contribution is -0.145. The number of imidazole rings is 1. The van der Waals surface area contributed by atoms with E-state index < -0.39 is 14.0 Å². The molecule has 0 saturated carbocycles. The molecule has 10 heteroatoms. The van der Waals surface area contributed by atoms with Gasteiger partial charge in [0.25, 0.3) is 0 Å². The largest absolute Gasteiger partial charge is 0.497 e. The molecule has 1 atom stereocenters. The summed E-state index contributed by atoms with van der Waals surface area (Å²) in [6, 6.07) is 4.81. The summed E-state index contributed by atoms with van der Waals surface area (Å²) in [5.41, 5.74) is 0.568. The number of unbranched alkanes of at least 4 members (excludes halogenated alkanes) is 1. The number of carbonyl (C=O) groups is 2. The third-order valence-corrected chi connectivity index (χ3v) is 8.19. The lowest BCUT2D eigenvalue weighted by Gasteiger charge is -2.25. The summed E-state index contributed by atoms with van der Waals surface area (Å²) in [4.78, 5) is 35.8. The van der Waals surface area contributed by atoms with Crippen molar-refractivity contribution in [1.82, 2.24) is 9.71 Å². The molecule has 1 aromatic heterocycles. The lowest BCUT2D eigenvalue weighted by Crippen LogP contribution is -2.39. The zero-order valence-corrected chi connectivity index (χ0v) is 22.9. The van der Waals surface area contributed by atoms with Crippen LogP contribution in [0.25, 0.3) is 0 Å². The molecule has 2 rings (SSSR count). The summed E-state index contributed by atoms with van der Waals surface area (Å²) in [6.45, 7) is 12.4. The Morgan fingerprint density at radius 1 is 1.17 bits per heavy atom. The first-order chi connectivity index (χ1) is 16.6. The zero-order valence-electron chi connectivity index (χ0n) is 21.9. The van der Waals surface area contributed by atoms with Crippen LogP contribution >= 0.6 is 0 Å². The van der Waals surface area contributed by atoms with Gasteiger partial charge >= 0.3 is 5.97 Å². The first-order valence-electron chi connectivity index (χ1n) is 11.9. The van der Waals surface area contributed by atoms with E-state index in [-0.39, 0.29) is 48.5 Å². The predicted molar refractivity (Wildman–Crippen MR) is 135 cm³/mol. The molecule has 0 bridgehead atoms. The Balaban J connectivity index is 2.34. The standard InChI is InChI=1S/C25H38N2O7Si/c1-8-10-11-23-26-15-21(27(23)34-17-33-18(3)35(5,6)7)25(29)20-13-12-19(30-4)14-22(20)32-16-24(28)31-9-2/h12-15,18H,8-11,16-17H2,1-7H3. The van der Waals surface area contributed by atoms with Crippen LogP contribution in [-0.2, 0) is 20.7 Å². The summed E-state index contributed by atoms with van der Waals surface area (Å²) in [5, 5.41) is 0. The van der Waals surface area contributed by atoms with Gasteiger partial charge in [-0.25, -0.2) is 9.78 Å². The van der Waals surface area contributed by atoms with Gasteiger partial charge in [-0.1, -0.05) is 33.0 Å². The first kappa shape index (κ1) is 28.4. The predicted octanol–water partition coefficient (Wildman–Crippen LogP) is 4.08. The fraction of sp³-hybridized carbons (Fsp3) is 0.560. The maximum atomic E-state index is 13.6. The normalized spacial score (nSPS) is 12.2. The molecule has 0 aliphatic heterocycles. The molecule has 0 saturated heterocycles. The van der Waals surface area contributed by atoms with E-state index in [0.29, 0.717) is 18.0 Å². The Morgan fingerprint density at radius 3 is 2.54 bits per heavy atom. The number of benzene rings is 1. The Hall–Kier alpha value is -2.85. The molecule has 194 valence electrons. The number of esters is 1. The summed E-state index contributed by atoms with van der Waals surface area (Å²) in [5.74, 6) is 0.441. The number of hydrogen-bond donors (Lipinski definition) is 0. The quantitative estimate of drug-likeness (QED) is 0.154. The third-order valence-electron chi connectivity index (χ3n) is 5.58. The maximum absolute atomic E-state index is 13.6. The van der Waals surface area contributed by atoms with Crippen LogP contribution in [0.3, 0.4) is 0 Å². The van der Waals surface area contributed by atoms with Crippen LogP contribution in [0.15, 0.2) is 24.4 Å². The van der Waals surface area contributed by atoms with Crippen molar-refractivity contribution in [3.05, 3.63) is 41.5 Å². The molecule has 1 aromatic carbocycles. The van der Waals surface area contributed by atoms with Crippen LogP contribution < -0.4 is 14.3 Å². The Kier molecular flexibility index (Phi) is 10.8. The fourth-order valence-electron chi connectivity index (χ4n) is 3.02. The second-order valence-electron chi connectivity index (χ2n) is 9.16. The van der Waals surface area contributed by atoms with Crippen LogP contribution in [0, 0.1) is 0 Å². The van der Waals surface area contributed by atoms with E-state index in [1.807, 2.05) is 6.92 Å². The second-order valence-corrected chi connectivity index (χ2v) is 14.7. The minimum Gasteiger partial charge on any atom is -0.497 e. The molecule has 0 aliphatic rings. The van der Waals surface area contributed by atoms with Gasteiger partial charge in [0.05, 0.1) is 33.6 Å². The van der Waals surface area contributed by atoms with Crippen molar-refractivity contribution < 1.29 is 33.4 Å². The highest BCUT2D eigenvalue weighted by molar-refractivity contribution is 6.77. The number of nitrogens with zero attached hydrogens (tertiary/aromatic N) is 2. The van der Waals surface area contributed by atoms with Crippen molar-refractivity contribution in [3.63, 3.8) is 0 Å². The second kappa shape index (κ2) is 13.3. The smallest absolute Gasteiger partial charge is 0.344 e. The van der Waals surface area contributed by atoms with E-state index in [4.69, 9.17) is 23.8 Å². The van der Waals surface area contributed by atoms with E-state index >= 15 is 0 Å². The summed E-state index contributed by atoms with van der Waals surface area (Å²) >= 11 is 0. The average Bonchev–Trinajstić information content (AvgIpc) is 3.22. The van der Waals surface area contributed by atoms with Gasteiger partial charge in [0, 0.05) is 18.2 Å². The van der Waals surface area contributed by atoms with Gasteiger partial charge in [-0.15, -0.1) is 0 Å². The van der Waals surface area contributed by atoms with Gasteiger partial charge in [0.15, 0.2) is 6.61 Å². The molecule has 2 aromatic rings. The van der Waals surface area contributed by atoms with Crippen molar-refractivity contribution in [1.29, 1.82) is 0 Å². The van der Waals surface area contributed by atoms with Gasteiger partial charge in [0.2, 0.25) is 12.6 Å². The fourth-order valence-corrected chi connectivity index (χ4v) is 3.59. The van der Waals surface area contributed by atoms with Gasteiger partial charge < -0.3 is 23.8 Å². The third kappa shape index (κ3) is 8.10.